The molecule has 0 saturated carbocycles. The molecule has 0 radical (unpaired) electrons. The summed E-state index contributed by atoms with van der Waals surface area (Å²) < 4.78 is 0. The Morgan fingerprint density at radius 1 is 1.50 bits per heavy atom. The zero-order valence-electron chi connectivity index (χ0n) is 10.0. The molecule has 3 N–H and O–H groups in total. The maximum absolute atomic E-state index is 11.7. The Bertz CT molecular complexity index is 199. The minimum atomic E-state index is -0.0994. The average Bonchev–Trinajstić information content (AvgIpc) is 2.54. The smallest absolute Gasteiger partial charge is 0.234 e. The van der Waals surface area contributed by atoms with Crippen molar-refractivity contribution in [3.63, 3.8) is 0 Å². The average molecular weight is 229 g/mol. The maximum Gasteiger partial charge on any atom is 0.234 e. The minimum absolute atomic E-state index is 0.0165. The summed E-state index contributed by atoms with van der Waals surface area (Å²) in [5.41, 5.74) is 0. The molecule has 0 aliphatic carbocycles. The van der Waals surface area contributed by atoms with Gasteiger partial charge in [0.2, 0.25) is 5.91 Å². The van der Waals surface area contributed by atoms with Crippen LogP contribution in [0.25, 0.3) is 0 Å². The Morgan fingerprint density at radius 3 is 3.00 bits per heavy atom. The Labute approximate surface area is 97.2 Å². The number of aliphatic hydroxyl groups excluding tert-OH is 1. The molecule has 0 aromatic rings. The van der Waals surface area contributed by atoms with Crippen LogP contribution in [0.15, 0.2) is 0 Å². The summed E-state index contributed by atoms with van der Waals surface area (Å²) >= 11 is 0. The number of amides is 1. The van der Waals surface area contributed by atoms with Crippen LogP contribution in [-0.4, -0.2) is 61.3 Å². The normalized spacial score (nSPS) is 20.1. The van der Waals surface area contributed by atoms with Gasteiger partial charge in [-0.25, -0.2) is 0 Å². The van der Waals surface area contributed by atoms with E-state index in [1.54, 1.807) is 0 Å². The van der Waals surface area contributed by atoms with Gasteiger partial charge in [-0.3, -0.25) is 9.69 Å². The van der Waals surface area contributed by atoms with E-state index >= 15 is 0 Å². The van der Waals surface area contributed by atoms with Gasteiger partial charge in [-0.15, -0.1) is 0 Å². The molecule has 1 atom stereocenters. The summed E-state index contributed by atoms with van der Waals surface area (Å²) in [7, 11) is 0. The molecule has 94 valence electrons. The van der Waals surface area contributed by atoms with Crippen LogP contribution in [0.4, 0.5) is 0 Å². The number of nitrogens with one attached hydrogen (secondary N) is 2. The van der Waals surface area contributed by atoms with Crippen LogP contribution in [0.2, 0.25) is 0 Å². The number of carbonyl (C=O) groups excluding carboxylic acids is 1. The molecule has 0 spiro atoms. The van der Waals surface area contributed by atoms with Crippen LogP contribution < -0.4 is 10.6 Å². The highest BCUT2D eigenvalue weighted by molar-refractivity contribution is 5.78. The fourth-order valence-corrected chi connectivity index (χ4v) is 1.81. The summed E-state index contributed by atoms with van der Waals surface area (Å²) in [6.45, 7) is 6.29. The largest absolute Gasteiger partial charge is 0.394 e. The molecule has 0 unspecified atom stereocenters. The number of nitrogens with zero attached hydrogens (tertiary/aromatic N) is 1. The predicted octanol–water partition coefficient (Wildman–Crippen LogP) is -0.831. The van der Waals surface area contributed by atoms with Gasteiger partial charge in [0.1, 0.15) is 0 Å². The Hall–Kier alpha value is -0.650. The lowest BCUT2D eigenvalue weighted by Crippen LogP contribution is -2.44. The van der Waals surface area contributed by atoms with Crippen LogP contribution in [0.5, 0.6) is 0 Å². The molecule has 5 nitrogen and oxygen atoms in total. The van der Waals surface area contributed by atoms with Crippen molar-refractivity contribution in [2.75, 3.05) is 39.3 Å². The van der Waals surface area contributed by atoms with Crippen molar-refractivity contribution in [1.29, 1.82) is 0 Å². The lowest BCUT2D eigenvalue weighted by molar-refractivity contribution is -0.123. The molecule has 1 rings (SSSR count). The third-order valence-corrected chi connectivity index (χ3v) is 2.88. The van der Waals surface area contributed by atoms with E-state index in [0.29, 0.717) is 6.54 Å². The number of hydrogen-bond donors (Lipinski definition) is 3. The molecule has 1 aliphatic heterocycles. The van der Waals surface area contributed by atoms with E-state index in [1.165, 1.54) is 0 Å². The van der Waals surface area contributed by atoms with E-state index in [-0.39, 0.29) is 18.6 Å². The molecule has 1 saturated heterocycles. The van der Waals surface area contributed by atoms with Gasteiger partial charge in [0, 0.05) is 13.1 Å². The van der Waals surface area contributed by atoms with Crippen molar-refractivity contribution >= 4 is 5.91 Å². The number of rotatable bonds is 5. The maximum atomic E-state index is 11.7. The second-order valence-electron chi connectivity index (χ2n) is 4.23. The van der Waals surface area contributed by atoms with Crippen LogP contribution in [0, 0.1) is 0 Å². The molecule has 1 fully saturated rings. The first-order chi connectivity index (χ1) is 7.76. The third kappa shape index (κ3) is 4.92. The molecule has 0 aromatic carbocycles. The number of hydrogen-bond acceptors (Lipinski definition) is 4. The van der Waals surface area contributed by atoms with Gasteiger partial charge in [-0.1, -0.05) is 6.92 Å². The highest BCUT2D eigenvalue weighted by atomic mass is 16.3. The summed E-state index contributed by atoms with van der Waals surface area (Å²) in [6.07, 6.45) is 1.86. The lowest BCUT2D eigenvalue weighted by Gasteiger charge is -2.21. The first kappa shape index (κ1) is 13.4. The van der Waals surface area contributed by atoms with Crippen molar-refractivity contribution < 1.29 is 9.90 Å². The zero-order valence-corrected chi connectivity index (χ0v) is 10.0. The van der Waals surface area contributed by atoms with Crippen LogP contribution in [0.1, 0.15) is 19.8 Å². The van der Waals surface area contributed by atoms with Gasteiger partial charge in [-0.2, -0.15) is 0 Å². The molecule has 1 heterocycles. The van der Waals surface area contributed by atoms with E-state index in [4.69, 9.17) is 5.11 Å². The second kappa shape index (κ2) is 7.60. The van der Waals surface area contributed by atoms with Gasteiger partial charge < -0.3 is 15.7 Å². The second-order valence-corrected chi connectivity index (χ2v) is 4.23. The van der Waals surface area contributed by atoms with Gasteiger partial charge in [0.15, 0.2) is 0 Å². The summed E-state index contributed by atoms with van der Waals surface area (Å²) in [4.78, 5) is 13.8. The molecule has 16 heavy (non-hydrogen) atoms. The Kier molecular flexibility index (Phi) is 6.37. The SMILES string of the molecule is CC[C@@H](CO)NC(=O)CN1CCCNCC1. The molecular formula is C11H23N3O2. The summed E-state index contributed by atoms with van der Waals surface area (Å²) in [5, 5.41) is 15.1. The zero-order chi connectivity index (χ0) is 11.8. The lowest BCUT2D eigenvalue weighted by atomic mass is 10.2. The van der Waals surface area contributed by atoms with Crippen LogP contribution >= 0.6 is 0 Å². The quantitative estimate of drug-likeness (QED) is 0.576. The van der Waals surface area contributed by atoms with E-state index in [1.807, 2.05) is 6.92 Å². The van der Waals surface area contributed by atoms with E-state index in [2.05, 4.69) is 15.5 Å². The molecular weight excluding hydrogens is 206 g/mol. The highest BCUT2D eigenvalue weighted by Gasteiger charge is 2.14. The Balaban J connectivity index is 2.26. The number of aliphatic hydroxyl groups is 1. The Morgan fingerprint density at radius 2 is 2.31 bits per heavy atom. The van der Waals surface area contributed by atoms with Crippen molar-refractivity contribution in [2.24, 2.45) is 0 Å². The minimum Gasteiger partial charge on any atom is -0.394 e. The predicted molar refractivity (Wildman–Crippen MR) is 63.2 cm³/mol. The van der Waals surface area contributed by atoms with Gasteiger partial charge in [0.25, 0.3) is 0 Å². The van der Waals surface area contributed by atoms with Gasteiger partial charge in [0.05, 0.1) is 19.2 Å². The molecule has 1 amide bonds. The van der Waals surface area contributed by atoms with Crippen LogP contribution in [0.3, 0.4) is 0 Å². The van der Waals surface area contributed by atoms with Crippen molar-refractivity contribution in [1.82, 2.24) is 15.5 Å². The first-order valence-electron chi connectivity index (χ1n) is 6.09. The van der Waals surface area contributed by atoms with Crippen LogP contribution in [-0.2, 0) is 4.79 Å². The summed E-state index contributed by atoms with van der Waals surface area (Å²) in [5.74, 6) is 0.0165. The topological polar surface area (TPSA) is 64.6 Å². The highest BCUT2D eigenvalue weighted by Crippen LogP contribution is 1.95. The number of carbonyl (C=O) groups is 1. The monoisotopic (exact) mass is 229 g/mol. The standard InChI is InChI=1S/C11H23N3O2/c1-2-10(9-15)13-11(16)8-14-6-3-4-12-5-7-14/h10,12,15H,2-9H2,1H3,(H,13,16)/t10-/m0/s1. The van der Waals surface area contributed by atoms with E-state index in [9.17, 15) is 4.79 Å². The molecule has 1 aliphatic rings. The molecule has 5 heteroatoms. The van der Waals surface area contributed by atoms with E-state index < -0.39 is 0 Å². The van der Waals surface area contributed by atoms with Gasteiger partial charge in [-0.05, 0) is 25.9 Å². The van der Waals surface area contributed by atoms with Crippen molar-refractivity contribution in [3.05, 3.63) is 0 Å². The van der Waals surface area contributed by atoms with Crippen molar-refractivity contribution in [3.8, 4) is 0 Å². The fraction of sp³-hybridized carbons (Fsp3) is 0.909. The van der Waals surface area contributed by atoms with E-state index in [0.717, 1.165) is 39.0 Å². The fourth-order valence-electron chi connectivity index (χ4n) is 1.81. The molecule has 0 bridgehead atoms. The summed E-state index contributed by atoms with van der Waals surface area (Å²) in [6, 6.07) is -0.0994. The molecule has 0 aromatic heterocycles. The van der Waals surface area contributed by atoms with Crippen molar-refractivity contribution in [2.45, 2.75) is 25.8 Å². The first-order valence-corrected chi connectivity index (χ1v) is 6.09. The third-order valence-electron chi connectivity index (χ3n) is 2.88. The van der Waals surface area contributed by atoms with Gasteiger partial charge >= 0.3 is 0 Å².